The summed E-state index contributed by atoms with van der Waals surface area (Å²) >= 11 is 0. The van der Waals surface area contributed by atoms with Crippen molar-refractivity contribution < 1.29 is 0 Å². The van der Waals surface area contributed by atoms with Crippen molar-refractivity contribution in [2.75, 3.05) is 16.8 Å². The van der Waals surface area contributed by atoms with Gasteiger partial charge in [-0.2, -0.15) is 0 Å². The summed E-state index contributed by atoms with van der Waals surface area (Å²) in [5, 5.41) is 3.20. The van der Waals surface area contributed by atoms with Gasteiger partial charge in [0.1, 0.15) is 11.5 Å². The van der Waals surface area contributed by atoms with Crippen molar-refractivity contribution in [1.29, 1.82) is 0 Å². The van der Waals surface area contributed by atoms with Gasteiger partial charge < -0.3 is 10.2 Å². The highest BCUT2D eigenvalue weighted by Crippen LogP contribution is 2.27. The van der Waals surface area contributed by atoms with Gasteiger partial charge in [0.15, 0.2) is 0 Å². The van der Waals surface area contributed by atoms with Crippen LogP contribution in [0.15, 0.2) is 34.1 Å². The fourth-order valence-electron chi connectivity index (χ4n) is 3.92. The Hall–Kier alpha value is -2.57. The minimum absolute atomic E-state index is 0.137. The van der Waals surface area contributed by atoms with Crippen LogP contribution in [0.5, 0.6) is 0 Å². The third-order valence-electron chi connectivity index (χ3n) is 5.74. The van der Waals surface area contributed by atoms with E-state index < -0.39 is 0 Å². The molecule has 1 N–H and O–H groups in total. The van der Waals surface area contributed by atoms with Crippen molar-refractivity contribution in [3.05, 3.63) is 50.9 Å². The predicted octanol–water partition coefficient (Wildman–Crippen LogP) is 3.52. The zero-order valence-electron chi connectivity index (χ0n) is 19.3. The summed E-state index contributed by atoms with van der Waals surface area (Å²) in [6.07, 6.45) is 9.46. The van der Waals surface area contributed by atoms with Crippen LogP contribution in [0.2, 0.25) is 0 Å². The van der Waals surface area contributed by atoms with Crippen LogP contribution in [0.4, 0.5) is 11.5 Å². The topological polar surface area (TPSA) is 72.2 Å². The molecule has 166 valence electrons. The second-order valence-corrected chi connectivity index (χ2v) is 8.01. The van der Waals surface area contributed by atoms with Crippen molar-refractivity contribution in [2.24, 2.45) is 20.0 Å². The van der Waals surface area contributed by atoms with Crippen LogP contribution in [0.3, 0.4) is 0 Å². The van der Waals surface area contributed by atoms with Gasteiger partial charge in [0.05, 0.1) is 0 Å². The quantitative estimate of drug-likeness (QED) is 0.812. The van der Waals surface area contributed by atoms with Crippen molar-refractivity contribution in [2.45, 2.75) is 66.0 Å². The number of pyridine rings is 1. The van der Waals surface area contributed by atoms with Crippen LogP contribution in [-0.4, -0.2) is 26.7 Å². The molecule has 2 aliphatic rings. The molecule has 1 aliphatic heterocycles. The maximum atomic E-state index is 12.6. The van der Waals surface area contributed by atoms with E-state index in [9.17, 15) is 9.59 Å². The molecule has 4 rings (SSSR count). The molecule has 0 bridgehead atoms. The molecule has 1 saturated carbocycles. The van der Waals surface area contributed by atoms with Gasteiger partial charge in [-0.3, -0.25) is 18.9 Å². The number of hydrogen-bond acceptors (Lipinski definition) is 5. The standard InChI is InChI=1S/C15H19N5O2.C6H12.C2H6/c1-10-7-17-13-12(14(21)19(3)15(22)18(13)2)20(10)9-11-5-4-6-16-8-11;1-6-4-2-3-5-6;1-2/h4-6,8,10,17H,7,9H2,1-3H3;6H,2-5H2,1H3;1-2H3. The monoisotopic (exact) mass is 415 g/mol. The van der Waals surface area contributed by atoms with Crippen LogP contribution < -0.4 is 21.5 Å². The zero-order valence-corrected chi connectivity index (χ0v) is 19.3. The Morgan fingerprint density at radius 2 is 1.77 bits per heavy atom. The summed E-state index contributed by atoms with van der Waals surface area (Å²) in [6.45, 7) is 9.65. The molecule has 1 atom stereocenters. The fraction of sp³-hybridized carbons (Fsp3) is 0.609. The normalized spacial score (nSPS) is 17.8. The molecule has 0 amide bonds. The number of nitrogens with one attached hydrogen (secondary N) is 1. The van der Waals surface area contributed by atoms with Gasteiger partial charge in [0.25, 0.3) is 5.56 Å². The summed E-state index contributed by atoms with van der Waals surface area (Å²) in [5.74, 6) is 1.63. The minimum Gasteiger partial charge on any atom is -0.367 e. The maximum absolute atomic E-state index is 12.6. The van der Waals surface area contributed by atoms with Gasteiger partial charge in [-0.05, 0) is 24.5 Å². The Labute approximate surface area is 179 Å². The van der Waals surface area contributed by atoms with Crippen LogP contribution >= 0.6 is 0 Å². The molecule has 0 spiro atoms. The number of nitrogens with zero attached hydrogens (tertiary/aromatic N) is 4. The lowest BCUT2D eigenvalue weighted by Crippen LogP contribution is -2.50. The molecule has 30 heavy (non-hydrogen) atoms. The molecule has 0 radical (unpaired) electrons. The number of rotatable bonds is 2. The average Bonchev–Trinajstić information content (AvgIpc) is 3.25. The first-order valence-electron chi connectivity index (χ1n) is 11.1. The van der Waals surface area contributed by atoms with E-state index in [1.54, 1.807) is 19.4 Å². The first-order chi connectivity index (χ1) is 14.4. The van der Waals surface area contributed by atoms with E-state index in [2.05, 4.69) is 24.1 Å². The molecular formula is C23H37N5O2. The van der Waals surface area contributed by atoms with Gasteiger partial charge in [-0.1, -0.05) is 52.5 Å². The Balaban J connectivity index is 0.000000340. The maximum Gasteiger partial charge on any atom is 0.332 e. The molecular weight excluding hydrogens is 378 g/mol. The highest BCUT2D eigenvalue weighted by atomic mass is 16.2. The lowest BCUT2D eigenvalue weighted by molar-refractivity contribution is 0.598. The molecule has 0 saturated heterocycles. The summed E-state index contributed by atoms with van der Waals surface area (Å²) in [5.41, 5.74) is 0.957. The molecule has 7 heteroatoms. The molecule has 7 nitrogen and oxygen atoms in total. The minimum atomic E-state index is -0.327. The summed E-state index contributed by atoms with van der Waals surface area (Å²) in [6, 6.07) is 3.99. The highest BCUT2D eigenvalue weighted by Gasteiger charge is 2.29. The van der Waals surface area contributed by atoms with Crippen LogP contribution in [0, 0.1) is 5.92 Å². The molecule has 1 unspecified atom stereocenters. The van der Waals surface area contributed by atoms with E-state index in [-0.39, 0.29) is 17.3 Å². The van der Waals surface area contributed by atoms with E-state index in [0.29, 0.717) is 24.6 Å². The number of hydrogen-bond donors (Lipinski definition) is 1. The first kappa shape index (κ1) is 23.7. The largest absolute Gasteiger partial charge is 0.367 e. The van der Waals surface area contributed by atoms with Crippen molar-refractivity contribution >= 4 is 11.5 Å². The number of anilines is 2. The van der Waals surface area contributed by atoms with Gasteiger partial charge in [-0.15, -0.1) is 0 Å². The van der Waals surface area contributed by atoms with Gasteiger partial charge in [-0.25, -0.2) is 4.79 Å². The van der Waals surface area contributed by atoms with Crippen molar-refractivity contribution in [1.82, 2.24) is 14.1 Å². The second-order valence-electron chi connectivity index (χ2n) is 8.01. The lowest BCUT2D eigenvalue weighted by Gasteiger charge is -2.37. The fourth-order valence-corrected chi connectivity index (χ4v) is 3.92. The lowest BCUT2D eigenvalue weighted by atomic mass is 10.1. The molecule has 0 aromatic carbocycles. The second kappa shape index (κ2) is 11.0. The molecule has 2 aromatic heterocycles. The van der Waals surface area contributed by atoms with E-state index in [4.69, 9.17) is 0 Å². The Morgan fingerprint density at radius 1 is 1.10 bits per heavy atom. The van der Waals surface area contributed by atoms with Crippen LogP contribution in [-0.2, 0) is 20.6 Å². The first-order valence-corrected chi connectivity index (χ1v) is 11.1. The zero-order chi connectivity index (χ0) is 22.3. The van der Waals surface area contributed by atoms with E-state index in [1.807, 2.05) is 30.9 Å². The van der Waals surface area contributed by atoms with Gasteiger partial charge >= 0.3 is 5.69 Å². The molecule has 3 heterocycles. The van der Waals surface area contributed by atoms with Crippen molar-refractivity contribution in [3.8, 4) is 0 Å². The summed E-state index contributed by atoms with van der Waals surface area (Å²) < 4.78 is 2.63. The number of aromatic nitrogens is 3. The number of fused-ring (bicyclic) bond motifs is 1. The Kier molecular flexibility index (Phi) is 8.69. The molecule has 1 fully saturated rings. The summed E-state index contributed by atoms with van der Waals surface area (Å²) in [4.78, 5) is 30.8. The van der Waals surface area contributed by atoms with E-state index in [1.165, 1.54) is 37.3 Å². The van der Waals surface area contributed by atoms with Gasteiger partial charge in [0.2, 0.25) is 0 Å². The van der Waals surface area contributed by atoms with Crippen LogP contribution in [0.1, 0.15) is 58.9 Å². The Bertz CT molecular complexity index is 914. The smallest absolute Gasteiger partial charge is 0.332 e. The highest BCUT2D eigenvalue weighted by molar-refractivity contribution is 5.68. The van der Waals surface area contributed by atoms with Gasteiger partial charge in [0, 0.05) is 45.6 Å². The van der Waals surface area contributed by atoms with Crippen molar-refractivity contribution in [3.63, 3.8) is 0 Å². The van der Waals surface area contributed by atoms with Crippen LogP contribution in [0.25, 0.3) is 0 Å². The third-order valence-corrected chi connectivity index (χ3v) is 5.74. The average molecular weight is 416 g/mol. The summed E-state index contributed by atoms with van der Waals surface area (Å²) in [7, 11) is 3.18. The predicted molar refractivity (Wildman–Crippen MR) is 124 cm³/mol. The van der Waals surface area contributed by atoms with E-state index in [0.717, 1.165) is 16.0 Å². The molecule has 1 aliphatic carbocycles. The Morgan fingerprint density at radius 3 is 2.30 bits per heavy atom. The third kappa shape index (κ3) is 5.32. The van der Waals surface area contributed by atoms with E-state index >= 15 is 0 Å². The molecule has 2 aromatic rings. The SMILES string of the molecule is CC.CC1CCCC1.CC1CNc2c(c(=O)n(C)c(=O)n2C)N1Cc1cccnc1.